The van der Waals surface area contributed by atoms with E-state index in [2.05, 4.69) is 41.6 Å². The first kappa shape index (κ1) is 14.1. The molecule has 2 aliphatic rings. The average Bonchev–Trinajstić information content (AvgIpc) is 3.18. The number of nitrogens with zero attached hydrogens (tertiary/aromatic N) is 1. The maximum absolute atomic E-state index is 13.2. The second kappa shape index (κ2) is 5.49. The highest BCUT2D eigenvalue weighted by Crippen LogP contribution is 2.42. The van der Waals surface area contributed by atoms with Crippen LogP contribution in [-0.4, -0.2) is 30.4 Å². The highest BCUT2D eigenvalue weighted by Gasteiger charge is 2.48. The van der Waals surface area contributed by atoms with Crippen molar-refractivity contribution in [3.8, 4) is 0 Å². The van der Waals surface area contributed by atoms with E-state index in [0.717, 1.165) is 38.9 Å². The second-order valence-electron chi connectivity index (χ2n) is 6.41. The molecule has 0 bridgehead atoms. The third-order valence-electron chi connectivity index (χ3n) is 5.10. The summed E-state index contributed by atoms with van der Waals surface area (Å²) in [5, 5.41) is 5.52. The Hall–Kier alpha value is -0.870. The van der Waals surface area contributed by atoms with Gasteiger partial charge in [0, 0.05) is 18.0 Å². The molecular formula is C16H24N2OS. The zero-order valence-electron chi connectivity index (χ0n) is 12.4. The lowest BCUT2D eigenvalue weighted by Gasteiger charge is -2.37. The molecule has 0 radical (unpaired) electrons. The fourth-order valence-corrected chi connectivity index (χ4v) is 4.58. The van der Waals surface area contributed by atoms with Gasteiger partial charge in [-0.1, -0.05) is 19.9 Å². The molecule has 1 N–H and O–H groups in total. The van der Waals surface area contributed by atoms with E-state index in [0.29, 0.717) is 17.9 Å². The van der Waals surface area contributed by atoms with Gasteiger partial charge in [0.2, 0.25) is 5.91 Å². The third kappa shape index (κ3) is 2.19. The van der Waals surface area contributed by atoms with Crippen LogP contribution in [0.2, 0.25) is 0 Å². The van der Waals surface area contributed by atoms with Crippen molar-refractivity contribution < 1.29 is 4.79 Å². The van der Waals surface area contributed by atoms with Crippen LogP contribution in [0.1, 0.15) is 44.0 Å². The summed E-state index contributed by atoms with van der Waals surface area (Å²) in [6.45, 7) is 7.14. The van der Waals surface area contributed by atoms with Crippen molar-refractivity contribution in [2.24, 2.45) is 11.3 Å². The first-order valence-corrected chi connectivity index (χ1v) is 8.58. The van der Waals surface area contributed by atoms with Crippen molar-refractivity contribution in [1.82, 2.24) is 10.2 Å². The normalized spacial score (nSPS) is 30.4. The zero-order chi connectivity index (χ0) is 14.2. The Labute approximate surface area is 125 Å². The van der Waals surface area contributed by atoms with Crippen LogP contribution in [0.4, 0.5) is 0 Å². The first-order valence-electron chi connectivity index (χ1n) is 7.70. The van der Waals surface area contributed by atoms with Crippen molar-refractivity contribution in [1.29, 1.82) is 0 Å². The van der Waals surface area contributed by atoms with Gasteiger partial charge < -0.3 is 10.2 Å². The molecule has 1 amide bonds. The van der Waals surface area contributed by atoms with Crippen LogP contribution >= 0.6 is 11.3 Å². The molecular weight excluding hydrogens is 268 g/mol. The number of carbonyl (C=O) groups excluding carboxylic acids is 1. The Morgan fingerprint density at radius 1 is 1.55 bits per heavy atom. The summed E-state index contributed by atoms with van der Waals surface area (Å²) >= 11 is 1.78. The van der Waals surface area contributed by atoms with E-state index in [1.807, 2.05) is 0 Å². The Balaban J connectivity index is 1.85. The van der Waals surface area contributed by atoms with Gasteiger partial charge in [0.1, 0.15) is 0 Å². The largest absolute Gasteiger partial charge is 0.334 e. The van der Waals surface area contributed by atoms with Gasteiger partial charge in [-0.3, -0.25) is 4.79 Å². The molecule has 4 heteroatoms. The Morgan fingerprint density at radius 2 is 2.40 bits per heavy atom. The highest BCUT2D eigenvalue weighted by atomic mass is 32.1. The van der Waals surface area contributed by atoms with Crippen LogP contribution in [0.25, 0.3) is 0 Å². The number of hydrogen-bond acceptors (Lipinski definition) is 3. The van der Waals surface area contributed by atoms with Gasteiger partial charge >= 0.3 is 0 Å². The van der Waals surface area contributed by atoms with E-state index in [9.17, 15) is 4.79 Å². The highest BCUT2D eigenvalue weighted by molar-refractivity contribution is 7.10. The summed E-state index contributed by atoms with van der Waals surface area (Å²) in [6.07, 6.45) is 3.24. The first-order chi connectivity index (χ1) is 9.65. The quantitative estimate of drug-likeness (QED) is 0.928. The number of likely N-dealkylation sites (tertiary alicyclic amines) is 1. The SMILES string of the molecule is CC(C)C1(C(=O)N2CCCC2c2cccs2)CCNC1. The van der Waals surface area contributed by atoms with Gasteiger partial charge in [0.15, 0.2) is 0 Å². The lowest BCUT2D eigenvalue weighted by Crippen LogP contribution is -2.47. The van der Waals surface area contributed by atoms with Gasteiger partial charge in [-0.2, -0.15) is 0 Å². The number of carbonyl (C=O) groups is 1. The van der Waals surface area contributed by atoms with Crippen LogP contribution in [0.3, 0.4) is 0 Å². The Kier molecular flexibility index (Phi) is 3.87. The van der Waals surface area contributed by atoms with Gasteiger partial charge in [-0.25, -0.2) is 0 Å². The maximum Gasteiger partial charge on any atom is 0.230 e. The third-order valence-corrected chi connectivity index (χ3v) is 6.08. The Bertz CT molecular complexity index is 463. The lowest BCUT2D eigenvalue weighted by atomic mass is 9.75. The molecule has 0 saturated carbocycles. The molecule has 0 aromatic carbocycles. The summed E-state index contributed by atoms with van der Waals surface area (Å²) in [6, 6.07) is 4.59. The minimum Gasteiger partial charge on any atom is -0.334 e. The molecule has 2 aliphatic heterocycles. The van der Waals surface area contributed by atoms with E-state index in [1.54, 1.807) is 11.3 Å². The van der Waals surface area contributed by atoms with Crippen LogP contribution in [0.15, 0.2) is 17.5 Å². The summed E-state index contributed by atoms with van der Waals surface area (Å²) in [5.41, 5.74) is -0.181. The van der Waals surface area contributed by atoms with E-state index in [4.69, 9.17) is 0 Å². The van der Waals surface area contributed by atoms with Gasteiger partial charge in [0.25, 0.3) is 0 Å². The number of amides is 1. The van der Waals surface area contributed by atoms with E-state index in [1.165, 1.54) is 4.88 Å². The average molecular weight is 292 g/mol. The summed E-state index contributed by atoms with van der Waals surface area (Å²) in [4.78, 5) is 16.7. The minimum atomic E-state index is -0.181. The monoisotopic (exact) mass is 292 g/mol. The van der Waals surface area contributed by atoms with Crippen LogP contribution < -0.4 is 5.32 Å². The summed E-state index contributed by atoms with van der Waals surface area (Å²) in [7, 11) is 0. The van der Waals surface area contributed by atoms with Crippen LogP contribution in [-0.2, 0) is 4.79 Å². The Morgan fingerprint density at radius 3 is 3.00 bits per heavy atom. The molecule has 3 rings (SSSR count). The fourth-order valence-electron chi connectivity index (χ4n) is 3.71. The zero-order valence-corrected chi connectivity index (χ0v) is 13.2. The van der Waals surface area contributed by atoms with Crippen molar-refractivity contribution in [2.45, 2.75) is 39.2 Å². The molecule has 2 unspecified atom stereocenters. The van der Waals surface area contributed by atoms with Crippen molar-refractivity contribution in [3.05, 3.63) is 22.4 Å². The fraction of sp³-hybridized carbons (Fsp3) is 0.688. The summed E-state index contributed by atoms with van der Waals surface area (Å²) in [5.74, 6) is 0.781. The second-order valence-corrected chi connectivity index (χ2v) is 7.39. The summed E-state index contributed by atoms with van der Waals surface area (Å²) < 4.78 is 0. The van der Waals surface area contributed by atoms with E-state index >= 15 is 0 Å². The lowest BCUT2D eigenvalue weighted by molar-refractivity contribution is -0.144. The smallest absolute Gasteiger partial charge is 0.230 e. The number of rotatable bonds is 3. The molecule has 1 aromatic heterocycles. The molecule has 110 valence electrons. The minimum absolute atomic E-state index is 0.181. The molecule has 2 saturated heterocycles. The predicted octanol–water partition coefficient (Wildman–Crippen LogP) is 3.05. The molecule has 20 heavy (non-hydrogen) atoms. The number of nitrogens with one attached hydrogen (secondary N) is 1. The standard InChI is InChI=1S/C16H24N2OS/c1-12(2)16(7-8-17-11-16)15(19)18-9-3-5-13(18)14-6-4-10-20-14/h4,6,10,12-13,17H,3,5,7-9,11H2,1-2H3. The van der Waals surface area contributed by atoms with Crippen LogP contribution in [0.5, 0.6) is 0 Å². The molecule has 0 spiro atoms. The van der Waals surface area contributed by atoms with Crippen LogP contribution in [0, 0.1) is 11.3 Å². The molecule has 2 fully saturated rings. The molecule has 3 heterocycles. The molecule has 1 aromatic rings. The van der Waals surface area contributed by atoms with Crippen molar-refractivity contribution in [2.75, 3.05) is 19.6 Å². The van der Waals surface area contributed by atoms with E-state index < -0.39 is 0 Å². The van der Waals surface area contributed by atoms with E-state index in [-0.39, 0.29) is 5.41 Å². The molecule has 0 aliphatic carbocycles. The van der Waals surface area contributed by atoms with Crippen molar-refractivity contribution in [3.63, 3.8) is 0 Å². The number of thiophene rings is 1. The topological polar surface area (TPSA) is 32.3 Å². The van der Waals surface area contributed by atoms with Gasteiger partial charge in [0.05, 0.1) is 11.5 Å². The predicted molar refractivity (Wildman–Crippen MR) is 82.8 cm³/mol. The van der Waals surface area contributed by atoms with Crippen molar-refractivity contribution >= 4 is 17.2 Å². The molecule has 2 atom stereocenters. The van der Waals surface area contributed by atoms with Gasteiger partial charge in [-0.05, 0) is 43.2 Å². The molecule has 3 nitrogen and oxygen atoms in total. The number of hydrogen-bond donors (Lipinski definition) is 1. The maximum atomic E-state index is 13.2. The van der Waals surface area contributed by atoms with Gasteiger partial charge in [-0.15, -0.1) is 11.3 Å².